The summed E-state index contributed by atoms with van der Waals surface area (Å²) >= 11 is 0. The van der Waals surface area contributed by atoms with Crippen molar-refractivity contribution < 1.29 is 0 Å². The number of rotatable bonds is 6. The molecular weight excluding hydrogens is 212 g/mol. The maximum atomic E-state index is 4.32. The van der Waals surface area contributed by atoms with Gasteiger partial charge in [-0.1, -0.05) is 19.4 Å². The Morgan fingerprint density at radius 1 is 1.35 bits per heavy atom. The van der Waals surface area contributed by atoms with Crippen LogP contribution in [-0.2, 0) is 13.1 Å². The standard InChI is InChI=1S/C13H18N4/c1-2-3-8-17-9-7-15-13(17)16-11-12-5-4-6-14-10-12/h4-7,9-10H,2-3,8,11H2,1H3,(H,15,16). The third-order valence-corrected chi connectivity index (χ3v) is 2.64. The van der Waals surface area contributed by atoms with Gasteiger partial charge in [0.1, 0.15) is 0 Å². The Hall–Kier alpha value is -1.84. The predicted octanol–water partition coefficient (Wildman–Crippen LogP) is 2.69. The maximum Gasteiger partial charge on any atom is 0.203 e. The number of aryl methyl sites for hydroxylation is 1. The Morgan fingerprint density at radius 3 is 3.06 bits per heavy atom. The lowest BCUT2D eigenvalue weighted by Crippen LogP contribution is -2.07. The van der Waals surface area contributed by atoms with Crippen LogP contribution in [0.25, 0.3) is 0 Å². The largest absolute Gasteiger partial charge is 0.352 e. The van der Waals surface area contributed by atoms with Gasteiger partial charge < -0.3 is 9.88 Å². The molecule has 0 spiro atoms. The molecule has 0 aliphatic rings. The number of nitrogens with zero attached hydrogens (tertiary/aromatic N) is 3. The van der Waals surface area contributed by atoms with Crippen LogP contribution in [0, 0.1) is 0 Å². The predicted molar refractivity (Wildman–Crippen MR) is 68.7 cm³/mol. The van der Waals surface area contributed by atoms with Crippen molar-refractivity contribution in [3.63, 3.8) is 0 Å². The van der Waals surface area contributed by atoms with Crippen molar-refractivity contribution in [2.24, 2.45) is 0 Å². The zero-order valence-electron chi connectivity index (χ0n) is 10.1. The second kappa shape index (κ2) is 6.03. The van der Waals surface area contributed by atoms with E-state index in [1.165, 1.54) is 12.8 Å². The highest BCUT2D eigenvalue weighted by molar-refractivity contribution is 5.27. The SMILES string of the molecule is CCCCn1ccnc1NCc1cccnc1. The van der Waals surface area contributed by atoms with Gasteiger partial charge in [-0.2, -0.15) is 0 Å². The van der Waals surface area contributed by atoms with Crippen molar-refractivity contribution in [3.05, 3.63) is 42.5 Å². The molecule has 4 heteroatoms. The summed E-state index contributed by atoms with van der Waals surface area (Å²) in [7, 11) is 0. The van der Waals surface area contributed by atoms with Crippen molar-refractivity contribution in [1.82, 2.24) is 14.5 Å². The van der Waals surface area contributed by atoms with E-state index in [0.717, 1.165) is 24.6 Å². The molecular formula is C13H18N4. The molecule has 0 radical (unpaired) electrons. The summed E-state index contributed by atoms with van der Waals surface area (Å²) in [6.45, 7) is 3.97. The first-order valence-electron chi connectivity index (χ1n) is 6.04. The quantitative estimate of drug-likeness (QED) is 0.829. The van der Waals surface area contributed by atoms with Gasteiger partial charge >= 0.3 is 0 Å². The van der Waals surface area contributed by atoms with E-state index in [-0.39, 0.29) is 0 Å². The summed E-state index contributed by atoms with van der Waals surface area (Å²) in [6, 6.07) is 4.00. The molecule has 0 aromatic carbocycles. The molecule has 0 atom stereocenters. The smallest absolute Gasteiger partial charge is 0.203 e. The van der Waals surface area contributed by atoms with Gasteiger partial charge in [-0.05, 0) is 18.1 Å². The third-order valence-electron chi connectivity index (χ3n) is 2.64. The molecule has 17 heavy (non-hydrogen) atoms. The van der Waals surface area contributed by atoms with Crippen molar-refractivity contribution in [2.75, 3.05) is 5.32 Å². The molecule has 4 nitrogen and oxygen atoms in total. The van der Waals surface area contributed by atoms with Gasteiger partial charge in [-0.15, -0.1) is 0 Å². The first-order chi connectivity index (χ1) is 8.40. The van der Waals surface area contributed by atoms with Crippen LogP contribution in [0.5, 0.6) is 0 Å². The van der Waals surface area contributed by atoms with Gasteiger partial charge in [-0.3, -0.25) is 4.98 Å². The average molecular weight is 230 g/mol. The van der Waals surface area contributed by atoms with Crippen LogP contribution in [0.3, 0.4) is 0 Å². The summed E-state index contributed by atoms with van der Waals surface area (Å²) in [5, 5.41) is 3.33. The van der Waals surface area contributed by atoms with Crippen molar-refractivity contribution in [3.8, 4) is 0 Å². The van der Waals surface area contributed by atoms with Gasteiger partial charge in [0.05, 0.1) is 0 Å². The minimum Gasteiger partial charge on any atom is -0.352 e. The van der Waals surface area contributed by atoms with Crippen LogP contribution in [0.4, 0.5) is 5.95 Å². The molecule has 90 valence electrons. The fourth-order valence-electron chi connectivity index (χ4n) is 1.67. The summed E-state index contributed by atoms with van der Waals surface area (Å²) in [5.74, 6) is 0.933. The molecule has 0 bridgehead atoms. The minimum absolute atomic E-state index is 0.761. The third kappa shape index (κ3) is 3.31. The zero-order valence-corrected chi connectivity index (χ0v) is 10.1. The number of pyridine rings is 1. The monoisotopic (exact) mass is 230 g/mol. The normalized spacial score (nSPS) is 10.4. The van der Waals surface area contributed by atoms with Crippen LogP contribution in [-0.4, -0.2) is 14.5 Å². The van der Waals surface area contributed by atoms with E-state index >= 15 is 0 Å². The van der Waals surface area contributed by atoms with Gasteiger partial charge in [0.15, 0.2) is 0 Å². The van der Waals surface area contributed by atoms with E-state index in [9.17, 15) is 0 Å². The number of unbranched alkanes of at least 4 members (excludes halogenated alkanes) is 1. The number of imidazole rings is 1. The average Bonchev–Trinajstić information content (AvgIpc) is 2.82. The topological polar surface area (TPSA) is 42.7 Å². The number of hydrogen-bond acceptors (Lipinski definition) is 3. The lowest BCUT2D eigenvalue weighted by molar-refractivity contribution is 0.635. The van der Waals surface area contributed by atoms with Crippen LogP contribution in [0.2, 0.25) is 0 Å². The highest BCUT2D eigenvalue weighted by Crippen LogP contribution is 2.08. The van der Waals surface area contributed by atoms with E-state index in [0.29, 0.717) is 0 Å². The van der Waals surface area contributed by atoms with Crippen molar-refractivity contribution in [1.29, 1.82) is 0 Å². The second-order valence-electron chi connectivity index (χ2n) is 4.01. The van der Waals surface area contributed by atoms with E-state index in [2.05, 4.69) is 32.8 Å². The Morgan fingerprint density at radius 2 is 2.29 bits per heavy atom. The first kappa shape index (κ1) is 11.6. The van der Waals surface area contributed by atoms with E-state index in [1.54, 1.807) is 6.20 Å². The van der Waals surface area contributed by atoms with Gasteiger partial charge in [0.25, 0.3) is 0 Å². The molecule has 2 heterocycles. The van der Waals surface area contributed by atoms with Crippen LogP contribution >= 0.6 is 0 Å². The fraction of sp³-hybridized carbons (Fsp3) is 0.385. The molecule has 0 unspecified atom stereocenters. The van der Waals surface area contributed by atoms with Crippen molar-refractivity contribution in [2.45, 2.75) is 32.9 Å². The van der Waals surface area contributed by atoms with E-state index in [4.69, 9.17) is 0 Å². The highest BCUT2D eigenvalue weighted by Gasteiger charge is 2.01. The number of anilines is 1. The van der Waals surface area contributed by atoms with Gasteiger partial charge in [0.2, 0.25) is 5.95 Å². The van der Waals surface area contributed by atoms with Crippen molar-refractivity contribution >= 4 is 5.95 Å². The molecule has 0 amide bonds. The molecule has 0 aliphatic carbocycles. The molecule has 2 aromatic heterocycles. The Balaban J connectivity index is 1.92. The summed E-state index contributed by atoms with van der Waals surface area (Å²) in [4.78, 5) is 8.41. The Labute approximate surface area is 102 Å². The zero-order chi connectivity index (χ0) is 11.9. The number of hydrogen-bond donors (Lipinski definition) is 1. The van der Waals surface area contributed by atoms with E-state index < -0.39 is 0 Å². The molecule has 0 fully saturated rings. The molecule has 2 aromatic rings. The Kier molecular flexibility index (Phi) is 4.13. The van der Waals surface area contributed by atoms with Crippen LogP contribution in [0.1, 0.15) is 25.3 Å². The fourth-order valence-corrected chi connectivity index (χ4v) is 1.67. The lowest BCUT2D eigenvalue weighted by Gasteiger charge is -2.09. The van der Waals surface area contributed by atoms with Crippen LogP contribution in [0.15, 0.2) is 36.9 Å². The summed E-state index contributed by atoms with van der Waals surface area (Å²) in [5.41, 5.74) is 1.16. The van der Waals surface area contributed by atoms with Crippen LogP contribution < -0.4 is 5.32 Å². The van der Waals surface area contributed by atoms with Gasteiger partial charge in [-0.25, -0.2) is 4.98 Å². The molecule has 1 N–H and O–H groups in total. The molecule has 0 aliphatic heterocycles. The Bertz CT molecular complexity index is 436. The van der Waals surface area contributed by atoms with E-state index in [1.807, 2.05) is 24.7 Å². The minimum atomic E-state index is 0.761. The van der Waals surface area contributed by atoms with Gasteiger partial charge in [0, 0.05) is 37.9 Å². The molecule has 2 rings (SSSR count). The highest BCUT2D eigenvalue weighted by atomic mass is 15.2. The second-order valence-corrected chi connectivity index (χ2v) is 4.01. The number of aromatic nitrogens is 3. The lowest BCUT2D eigenvalue weighted by atomic mass is 10.3. The summed E-state index contributed by atoms with van der Waals surface area (Å²) < 4.78 is 2.15. The molecule has 0 saturated carbocycles. The maximum absolute atomic E-state index is 4.32. The molecule has 0 saturated heterocycles. The first-order valence-corrected chi connectivity index (χ1v) is 6.04. The number of nitrogens with one attached hydrogen (secondary N) is 1. The summed E-state index contributed by atoms with van der Waals surface area (Å²) in [6.07, 6.45) is 9.87.